The number of carbonyl (C=O) groups excluding carboxylic acids is 1. The zero-order valence-electron chi connectivity index (χ0n) is 13.1. The maximum Gasteiger partial charge on any atom is 0.301 e. The lowest BCUT2D eigenvalue weighted by atomic mass is 10.1. The average molecular weight is 297 g/mol. The second-order valence-electron chi connectivity index (χ2n) is 5.12. The summed E-state index contributed by atoms with van der Waals surface area (Å²) in [4.78, 5) is 20.0. The minimum absolute atomic E-state index is 0.132. The van der Waals surface area contributed by atoms with Gasteiger partial charge in [-0.2, -0.15) is 8.78 Å². The number of carbonyl (C=O) groups is 1. The van der Waals surface area contributed by atoms with Crippen LogP contribution in [-0.2, 0) is 10.7 Å². The quantitative estimate of drug-likeness (QED) is 0.670. The van der Waals surface area contributed by atoms with Gasteiger partial charge >= 0.3 is 5.92 Å². The molecule has 0 radical (unpaired) electrons. The Bertz CT molecular complexity index is 582. The first-order valence-electron chi connectivity index (χ1n) is 6.65. The largest absolute Gasteiger partial charge is 0.342 e. The molecule has 0 aromatic carbocycles. The molecule has 4 nitrogen and oxygen atoms in total. The molecule has 0 saturated heterocycles. The van der Waals surface area contributed by atoms with Crippen LogP contribution in [0, 0.1) is 6.92 Å². The summed E-state index contributed by atoms with van der Waals surface area (Å²) in [6.07, 6.45) is 1.56. The Labute approximate surface area is 123 Å². The van der Waals surface area contributed by atoms with Crippen LogP contribution in [0.4, 0.5) is 8.78 Å². The van der Waals surface area contributed by atoms with Gasteiger partial charge in [0, 0.05) is 31.8 Å². The fourth-order valence-electron chi connectivity index (χ4n) is 1.82. The molecule has 1 rings (SSSR count). The van der Waals surface area contributed by atoms with Crippen molar-refractivity contribution >= 4 is 11.5 Å². The van der Waals surface area contributed by atoms with Crippen molar-refractivity contribution in [2.24, 2.45) is 0 Å². The molecule has 0 atom stereocenters. The molecule has 0 aliphatic heterocycles. The van der Waals surface area contributed by atoms with Gasteiger partial charge < -0.3 is 9.88 Å². The summed E-state index contributed by atoms with van der Waals surface area (Å²) >= 11 is 0. The molecule has 116 valence electrons. The van der Waals surface area contributed by atoms with Crippen molar-refractivity contribution in [3.05, 3.63) is 35.4 Å². The van der Waals surface area contributed by atoms with Gasteiger partial charge in [-0.25, -0.2) is 4.98 Å². The number of hydrogen-bond acceptors (Lipinski definition) is 2. The normalized spacial score (nSPS) is 12.4. The number of likely N-dealkylation sites (N-methyl/N-ethyl adjacent to an activating group) is 1. The molecule has 0 bridgehead atoms. The molecule has 0 aliphatic carbocycles. The van der Waals surface area contributed by atoms with Crippen molar-refractivity contribution in [3.63, 3.8) is 0 Å². The van der Waals surface area contributed by atoms with E-state index in [-0.39, 0.29) is 5.91 Å². The van der Waals surface area contributed by atoms with Gasteiger partial charge in [-0.1, -0.05) is 6.58 Å². The van der Waals surface area contributed by atoms with Crippen molar-refractivity contribution in [2.45, 2.75) is 33.6 Å². The molecule has 0 aliphatic rings. The van der Waals surface area contributed by atoms with E-state index in [4.69, 9.17) is 0 Å². The minimum atomic E-state index is -3.04. The molecule has 0 spiro atoms. The summed E-state index contributed by atoms with van der Waals surface area (Å²) in [7, 11) is 1.69. The number of nitrogens with zero attached hydrogens (tertiary/aromatic N) is 2. The Morgan fingerprint density at radius 3 is 2.52 bits per heavy atom. The van der Waals surface area contributed by atoms with Gasteiger partial charge in [-0.05, 0) is 32.4 Å². The molecular formula is C15H21F2N3O. The molecule has 0 fully saturated rings. The fourth-order valence-corrected chi connectivity index (χ4v) is 1.82. The third-order valence-electron chi connectivity index (χ3n) is 3.15. The van der Waals surface area contributed by atoms with Crippen LogP contribution in [-0.4, -0.2) is 34.4 Å². The number of H-pyrrole nitrogens is 1. The Morgan fingerprint density at radius 1 is 1.52 bits per heavy atom. The summed E-state index contributed by atoms with van der Waals surface area (Å²) in [5.74, 6) is -3.58. The first kappa shape index (κ1) is 17.1. The van der Waals surface area contributed by atoms with E-state index in [0.717, 1.165) is 6.92 Å². The standard InChI is InChI=1S/C15H21F2N3O/c1-7-20(6)13(21)10(3)8-9(2)12-11(4)18-14(19-12)15(5,16)17/h8H,2,7H2,1,3-6H3,(H,18,19)/b10-8+. The van der Waals surface area contributed by atoms with Crippen LogP contribution in [0.25, 0.3) is 5.57 Å². The van der Waals surface area contributed by atoms with Crippen molar-refractivity contribution in [2.75, 3.05) is 13.6 Å². The molecule has 1 heterocycles. The van der Waals surface area contributed by atoms with E-state index < -0.39 is 11.7 Å². The third kappa shape index (κ3) is 4.00. The first-order valence-corrected chi connectivity index (χ1v) is 6.65. The summed E-state index contributed by atoms with van der Waals surface area (Å²) < 4.78 is 26.5. The van der Waals surface area contributed by atoms with Crippen molar-refractivity contribution in [1.29, 1.82) is 0 Å². The summed E-state index contributed by atoms with van der Waals surface area (Å²) in [5, 5.41) is 0. The number of amides is 1. The van der Waals surface area contributed by atoms with Gasteiger partial charge in [0.05, 0.1) is 5.69 Å². The van der Waals surface area contributed by atoms with Crippen LogP contribution >= 0.6 is 0 Å². The Balaban J connectivity index is 3.05. The predicted molar refractivity (Wildman–Crippen MR) is 79.0 cm³/mol. The highest BCUT2D eigenvalue weighted by Crippen LogP contribution is 2.27. The number of aromatic amines is 1. The first-order chi connectivity index (χ1) is 9.57. The van der Waals surface area contributed by atoms with Crippen LogP contribution in [0.3, 0.4) is 0 Å². The number of aromatic nitrogens is 2. The lowest BCUT2D eigenvalue weighted by Crippen LogP contribution is -2.26. The highest BCUT2D eigenvalue weighted by molar-refractivity contribution is 5.95. The number of rotatable bonds is 5. The Hall–Kier alpha value is -1.98. The smallest absolute Gasteiger partial charge is 0.301 e. The zero-order valence-corrected chi connectivity index (χ0v) is 13.1. The zero-order chi connectivity index (χ0) is 16.4. The second-order valence-corrected chi connectivity index (χ2v) is 5.12. The van der Waals surface area contributed by atoms with Crippen LogP contribution in [0.15, 0.2) is 18.2 Å². The highest BCUT2D eigenvalue weighted by Gasteiger charge is 2.29. The van der Waals surface area contributed by atoms with E-state index in [1.165, 1.54) is 0 Å². The van der Waals surface area contributed by atoms with Gasteiger partial charge in [0.25, 0.3) is 0 Å². The molecule has 1 amide bonds. The third-order valence-corrected chi connectivity index (χ3v) is 3.15. The van der Waals surface area contributed by atoms with Gasteiger partial charge in [-0.15, -0.1) is 0 Å². The van der Waals surface area contributed by atoms with E-state index in [9.17, 15) is 13.6 Å². The number of aryl methyl sites for hydroxylation is 1. The van der Waals surface area contributed by atoms with Crippen molar-refractivity contribution in [1.82, 2.24) is 14.9 Å². The highest BCUT2D eigenvalue weighted by atomic mass is 19.3. The number of allylic oxidation sites excluding steroid dienone is 2. The van der Waals surface area contributed by atoms with Crippen molar-refractivity contribution < 1.29 is 13.6 Å². The number of halogens is 2. The monoisotopic (exact) mass is 297 g/mol. The van der Waals surface area contributed by atoms with Crippen LogP contribution in [0.5, 0.6) is 0 Å². The molecule has 6 heteroatoms. The minimum Gasteiger partial charge on any atom is -0.342 e. The Morgan fingerprint density at radius 2 is 2.10 bits per heavy atom. The molecular weight excluding hydrogens is 276 g/mol. The number of alkyl halides is 2. The van der Waals surface area contributed by atoms with Crippen LogP contribution in [0.1, 0.15) is 38.0 Å². The molecule has 1 aromatic heterocycles. The van der Waals surface area contributed by atoms with Gasteiger partial charge in [0.2, 0.25) is 5.91 Å². The second kappa shape index (κ2) is 6.20. The van der Waals surface area contributed by atoms with E-state index in [2.05, 4.69) is 16.5 Å². The molecule has 0 saturated carbocycles. The summed E-state index contributed by atoms with van der Waals surface area (Å²) in [5.41, 5.74) is 1.75. The number of imidazole rings is 1. The molecule has 1 N–H and O–H groups in total. The number of hydrogen-bond donors (Lipinski definition) is 1. The predicted octanol–water partition coefficient (Wildman–Crippen LogP) is 3.27. The Kier molecular flexibility index (Phi) is 5.04. The van der Waals surface area contributed by atoms with E-state index in [1.807, 2.05) is 6.92 Å². The number of nitrogens with one attached hydrogen (secondary N) is 1. The SMILES string of the molecule is C=C(/C=C(\C)C(=O)N(C)CC)c1nc(C(C)(F)F)[nH]c1C. The van der Waals surface area contributed by atoms with Crippen molar-refractivity contribution in [3.8, 4) is 0 Å². The maximum atomic E-state index is 13.3. The van der Waals surface area contributed by atoms with Crippen LogP contribution < -0.4 is 0 Å². The van der Waals surface area contributed by atoms with Gasteiger partial charge in [0.15, 0.2) is 5.82 Å². The van der Waals surface area contributed by atoms with Gasteiger partial charge in [-0.3, -0.25) is 4.79 Å². The van der Waals surface area contributed by atoms with E-state index in [1.54, 1.807) is 31.9 Å². The average Bonchev–Trinajstić information content (AvgIpc) is 2.78. The molecule has 0 unspecified atom stereocenters. The lowest BCUT2D eigenvalue weighted by Gasteiger charge is -2.14. The summed E-state index contributed by atoms with van der Waals surface area (Å²) in [6, 6.07) is 0. The van der Waals surface area contributed by atoms with E-state index >= 15 is 0 Å². The molecule has 21 heavy (non-hydrogen) atoms. The summed E-state index contributed by atoms with van der Waals surface area (Å²) in [6.45, 7) is 10.4. The van der Waals surface area contributed by atoms with E-state index in [0.29, 0.717) is 29.1 Å². The molecule has 1 aromatic rings. The maximum absolute atomic E-state index is 13.3. The topological polar surface area (TPSA) is 49.0 Å². The lowest BCUT2D eigenvalue weighted by molar-refractivity contribution is -0.125. The fraction of sp³-hybridized carbons (Fsp3) is 0.467. The van der Waals surface area contributed by atoms with Crippen LogP contribution in [0.2, 0.25) is 0 Å². The van der Waals surface area contributed by atoms with Gasteiger partial charge in [0.1, 0.15) is 0 Å².